The molecule has 43 heteroatoms. The molecule has 0 unspecified atom stereocenters. The van der Waals surface area contributed by atoms with Crippen LogP contribution in [0.25, 0.3) is 37.4 Å². The maximum atomic E-state index is 12.9. The second-order valence-electron chi connectivity index (χ2n) is 32.3. The van der Waals surface area contributed by atoms with E-state index in [1.165, 1.54) is 107 Å². The summed E-state index contributed by atoms with van der Waals surface area (Å²) in [6.45, 7) is 14.3. The van der Waals surface area contributed by atoms with Gasteiger partial charge in [-0.1, -0.05) is 247 Å². The monoisotopic (exact) mass is 2380 g/mol. The van der Waals surface area contributed by atoms with E-state index in [0.717, 1.165) is 79.3 Å². The molecule has 6 heterocycles. The molecule has 18 aromatic rings. The molecule has 0 bridgehead atoms. The minimum atomic E-state index is -3.97. The van der Waals surface area contributed by atoms with E-state index in [2.05, 4.69) is 103 Å². The first-order chi connectivity index (χ1) is 69.4. The first-order valence-corrected chi connectivity index (χ1v) is 57.3. The molecular weight excluding hydrogens is 2310 g/mol. The molecule has 0 saturated carbocycles. The van der Waals surface area contributed by atoms with Crippen molar-refractivity contribution < 1.29 is 52.6 Å². The quantitative estimate of drug-likeness (QED) is 0.0336. The predicted molar refractivity (Wildman–Crippen MR) is 602 cm³/mol. The summed E-state index contributed by atoms with van der Waals surface area (Å²) in [5.41, 5.74) is 12.3. The maximum absolute atomic E-state index is 12.9. The lowest BCUT2D eigenvalue weighted by atomic mass is 10.1. The summed E-state index contributed by atoms with van der Waals surface area (Å²) in [5, 5.41) is 9.37. The summed E-state index contributed by atoms with van der Waals surface area (Å²) in [7, 11) is -14.0. The lowest BCUT2D eigenvalue weighted by molar-refractivity contribution is 0.378. The van der Waals surface area contributed by atoms with Crippen molar-refractivity contribution in [3.63, 3.8) is 0 Å². The van der Waals surface area contributed by atoms with Crippen molar-refractivity contribution >= 4 is 296 Å². The fraction of sp³-hybridized carbons (Fsp3) is 0.0971. The van der Waals surface area contributed by atoms with Gasteiger partial charge in [-0.15, -0.1) is 22.7 Å². The molecule has 0 fully saturated rings. The Balaban J connectivity index is 0.000000137. The Bertz CT molecular complexity index is 8570. The molecule has 0 radical (unpaired) electrons. The van der Waals surface area contributed by atoms with Crippen LogP contribution in [0.15, 0.2) is 316 Å². The average Bonchev–Trinajstić information content (AvgIpc) is 1.61. The first kappa shape index (κ1) is 110. The number of methoxy groups -OCH3 is 1. The fourth-order valence-electron chi connectivity index (χ4n) is 14.2. The van der Waals surface area contributed by atoms with Gasteiger partial charge in [-0.25, -0.2) is 40.2 Å². The van der Waals surface area contributed by atoms with E-state index in [0.29, 0.717) is 108 Å². The number of imidazole rings is 1. The molecule has 0 spiro atoms. The van der Waals surface area contributed by atoms with Gasteiger partial charge in [0.1, 0.15) is 39.5 Å². The van der Waals surface area contributed by atoms with E-state index in [1.54, 1.807) is 133 Å². The topological polar surface area (TPSA) is 303 Å². The number of nitrogens with one attached hydrogen (secondary N) is 5. The van der Waals surface area contributed by atoms with Crippen LogP contribution >= 0.6 is 190 Å². The summed E-state index contributed by atoms with van der Waals surface area (Å²) >= 11 is 77.6. The maximum Gasteiger partial charge on any atom is 0.281 e. The number of aryl methyl sites for hydroxylation is 7. The number of thiazole rings is 2. The van der Waals surface area contributed by atoms with Gasteiger partial charge >= 0.3 is 0 Å². The van der Waals surface area contributed by atoms with Gasteiger partial charge in [0.2, 0.25) is 0 Å². The number of benzene rings is 13. The van der Waals surface area contributed by atoms with E-state index >= 15 is 0 Å². The average molecular weight is 2390 g/mol. The van der Waals surface area contributed by atoms with E-state index in [9.17, 15) is 33.7 Å². The van der Waals surface area contributed by atoms with Gasteiger partial charge in [0, 0.05) is 80.9 Å². The highest BCUT2D eigenvalue weighted by atomic mass is 79.9. The van der Waals surface area contributed by atoms with Crippen molar-refractivity contribution in [3.8, 4) is 40.2 Å². The minimum Gasteiger partial charge on any atom is -0.493 e. The standard InChI is InChI=1S/C22H15Cl2N3O3S.C22H18Cl2N2O2S3.C22H18Cl2N2S2.C19H15BrCl2N2O4S.C18H13Cl3N2O3S/c23-18-13-16(26-31(28,29)22-21(24)25-20-6-3-11-27(20)22)8-10-19(18)30-17-9-7-14-4-1-2-5-15(14)12-17;1-12-5-7-20(14(3)8-12)31(27,28)26-15-10-16(23)21(17(24)11-15)30-22-25-18-9-13(2)4-6-19(18)29-22;1-13-3-4-15(14(2)9-13)12-25-17-6-8-20(18(24)11-17)27-22-26-19-10-16(23)5-7-21(19)28-22;1-11-3-4-19(15(22)5-11)29(25,26)24-16-8-17(27-2)18(7-14(16)20)28-13-6-12(21)9-23-10-13;1-11-2-4-15(8-16(11)20)27(24,25)23-13-3-5-18(17(21)7-13)26-14-6-12(19)9-22-10-14/h1-5,7-13,26H,6H2;4-11,26H,1-3H3;3-11,25H,12H2,1-2H3;3-10,24H,1-2H3;2-10,23H,1H3. The highest BCUT2D eigenvalue weighted by molar-refractivity contribution is 9.10. The van der Waals surface area contributed by atoms with Gasteiger partial charge in [0.05, 0.1) is 118 Å². The van der Waals surface area contributed by atoms with Crippen molar-refractivity contribution in [1.29, 1.82) is 0 Å². The predicted octanol–water partition coefficient (Wildman–Crippen LogP) is 33.4. The Morgan fingerprint density at radius 2 is 0.952 bits per heavy atom. The SMILES string of the molecule is COc1cc(NS(=O)(=O)c2ccc(C)cc2Cl)c(Br)cc1Oc1cncc(Cl)c1.Cc1ccc(CNc2ccc(Sc3nc4cc(Cl)ccc4s3)c(Cl)c2)c(C)c1.Cc1ccc(S(=O)(=O)Nc2cc(Cl)c(Sc3nc4cc(C)ccc4s3)c(Cl)c2)c(C)c1.Cc1ccc(S(=O)(=O)Nc2ccc(Oc3cncc(Cl)c3)c(Cl)c2)cc1Cl.O=S(=O)(Nc1ccc(Oc2ccc3ccccc3c2)c(Cl)c1)c1c(Cl)nc2n1C=CC2. The molecule has 146 heavy (non-hydrogen) atoms. The Morgan fingerprint density at radius 3 is 1.57 bits per heavy atom. The van der Waals surface area contributed by atoms with Gasteiger partial charge in [0.15, 0.2) is 30.4 Å². The highest BCUT2D eigenvalue weighted by Gasteiger charge is 2.30. The van der Waals surface area contributed by atoms with E-state index in [1.807, 2.05) is 124 Å². The zero-order chi connectivity index (χ0) is 104. The van der Waals surface area contributed by atoms with Gasteiger partial charge in [-0.3, -0.25) is 33.4 Å². The minimum absolute atomic E-state index is 0.0269. The van der Waals surface area contributed by atoms with E-state index in [-0.39, 0.29) is 57.0 Å². The number of sulfonamides is 4. The summed E-state index contributed by atoms with van der Waals surface area (Å²) in [6.07, 6.45) is 9.92. The Morgan fingerprint density at radius 1 is 0.404 bits per heavy atom. The molecule has 0 saturated heterocycles. The third-order valence-electron chi connectivity index (χ3n) is 21.2. The number of allylic oxidation sites excluding steroid dienone is 1. The van der Waals surface area contributed by atoms with Crippen LogP contribution in [-0.2, 0) is 53.1 Å². The molecular formula is C103H79BrCl11N11O12S8. The van der Waals surface area contributed by atoms with E-state index < -0.39 is 40.1 Å². The second kappa shape index (κ2) is 48.0. The number of anilines is 5. The van der Waals surface area contributed by atoms with Gasteiger partial charge in [0.25, 0.3) is 40.1 Å². The Kier molecular flexibility index (Phi) is 36.1. The fourth-order valence-corrected chi connectivity index (χ4v) is 26.7. The van der Waals surface area contributed by atoms with Gasteiger partial charge in [-0.2, -0.15) is 8.42 Å². The number of ether oxygens (including phenoxy) is 4. The van der Waals surface area contributed by atoms with Crippen LogP contribution in [0.2, 0.25) is 55.4 Å². The number of hydrogen-bond donors (Lipinski definition) is 5. The molecule has 0 amide bonds. The number of hydrogen-bond acceptors (Lipinski definition) is 22. The molecule has 1 aliphatic heterocycles. The van der Waals surface area contributed by atoms with Crippen LogP contribution in [0.1, 0.15) is 50.3 Å². The molecule has 5 aromatic heterocycles. The summed E-state index contributed by atoms with van der Waals surface area (Å²) in [6, 6.07) is 71.1. The largest absolute Gasteiger partial charge is 0.493 e. The summed E-state index contributed by atoms with van der Waals surface area (Å²) in [5.74, 6) is 3.41. The van der Waals surface area contributed by atoms with Crippen LogP contribution < -0.4 is 43.2 Å². The molecule has 0 aliphatic carbocycles. The lowest BCUT2D eigenvalue weighted by Gasteiger charge is -2.15. The molecule has 13 aromatic carbocycles. The third-order valence-corrected chi connectivity index (χ3v) is 35.7. The second-order valence-corrected chi connectivity index (χ2v) is 48.9. The molecule has 5 N–H and O–H groups in total. The van der Waals surface area contributed by atoms with Crippen LogP contribution in [0, 0.1) is 48.5 Å². The van der Waals surface area contributed by atoms with Crippen LogP contribution in [0.5, 0.6) is 40.2 Å². The van der Waals surface area contributed by atoms with Crippen LogP contribution in [0.4, 0.5) is 28.4 Å². The number of rotatable bonds is 26. The highest BCUT2D eigenvalue weighted by Crippen LogP contribution is 2.47. The smallest absolute Gasteiger partial charge is 0.281 e. The summed E-state index contributed by atoms with van der Waals surface area (Å²) < 4.78 is 141. The number of fused-ring (bicyclic) bond motifs is 4. The summed E-state index contributed by atoms with van der Waals surface area (Å²) in [4.78, 5) is 23.1. The van der Waals surface area contributed by atoms with E-state index in [4.69, 9.17) is 147 Å². The molecule has 23 nitrogen and oxygen atoms in total. The molecule has 1 aliphatic rings. The third kappa shape index (κ3) is 28.4. The first-order valence-electron chi connectivity index (χ1n) is 43.2. The molecule has 750 valence electrons. The lowest BCUT2D eigenvalue weighted by Crippen LogP contribution is -2.16. The van der Waals surface area contributed by atoms with Crippen LogP contribution in [0.3, 0.4) is 0 Å². The van der Waals surface area contributed by atoms with Gasteiger partial charge in [-0.05, 0) is 248 Å². The van der Waals surface area contributed by atoms with Crippen LogP contribution in [-0.4, -0.2) is 70.3 Å². The van der Waals surface area contributed by atoms with Crippen molar-refractivity contribution in [2.45, 2.75) is 99.6 Å². The zero-order valence-corrected chi connectivity index (χ0v) is 93.8. The normalized spacial score (nSPS) is 11.7. The Labute approximate surface area is 922 Å². The molecule has 0 atom stereocenters. The number of aromatic nitrogens is 6. The van der Waals surface area contributed by atoms with Crippen molar-refractivity contribution in [1.82, 2.24) is 29.5 Å². The Hall–Kier alpha value is -10.5. The number of nitrogens with zero attached hydrogens (tertiary/aromatic N) is 6. The van der Waals surface area contributed by atoms with Crippen molar-refractivity contribution in [2.75, 3.05) is 31.3 Å². The number of halogens is 12. The molecule has 19 rings (SSSR count). The van der Waals surface area contributed by atoms with Crippen molar-refractivity contribution in [2.24, 2.45) is 0 Å². The van der Waals surface area contributed by atoms with Gasteiger partial charge < -0.3 is 24.3 Å². The number of pyridine rings is 2. The van der Waals surface area contributed by atoms with Crippen molar-refractivity contribution in [3.05, 3.63) is 384 Å². The zero-order valence-electron chi connectivity index (χ0n) is 77.4.